The minimum Gasteiger partial charge on any atom is -0.467 e. The van der Waals surface area contributed by atoms with Crippen LogP contribution >= 0.6 is 0 Å². The fraction of sp³-hybridized carbons (Fsp3) is 0.833. The van der Waals surface area contributed by atoms with E-state index in [4.69, 9.17) is 9.47 Å². The fourth-order valence-electron chi connectivity index (χ4n) is 2.71. The Kier molecular flexibility index (Phi) is 4.19. The number of hydrogen-bond donors (Lipinski definition) is 1. The smallest absolute Gasteiger partial charge is 0.328 e. The molecule has 0 aromatic rings. The number of amides is 1. The summed E-state index contributed by atoms with van der Waals surface area (Å²) in [6, 6.07) is -0.378. The van der Waals surface area contributed by atoms with E-state index in [0.29, 0.717) is 26.2 Å². The third-order valence-corrected chi connectivity index (χ3v) is 3.78. The predicted molar refractivity (Wildman–Crippen MR) is 63.9 cm³/mol. The highest BCUT2D eigenvalue weighted by atomic mass is 16.5. The number of methoxy groups -OCH3 is 1. The Bertz CT molecular complexity index is 334. The van der Waals surface area contributed by atoms with E-state index in [9.17, 15) is 9.59 Å². The van der Waals surface area contributed by atoms with E-state index in [1.165, 1.54) is 7.11 Å². The molecule has 0 saturated carbocycles. The van der Waals surface area contributed by atoms with Gasteiger partial charge in [0.1, 0.15) is 6.04 Å². The molecule has 2 aliphatic heterocycles. The third kappa shape index (κ3) is 2.35. The van der Waals surface area contributed by atoms with Crippen molar-refractivity contribution in [1.29, 1.82) is 0 Å². The number of hydrogen-bond acceptors (Lipinski definition) is 5. The van der Waals surface area contributed by atoms with Gasteiger partial charge in [0.25, 0.3) is 0 Å². The van der Waals surface area contributed by atoms with Gasteiger partial charge in [0.05, 0.1) is 26.2 Å². The highest BCUT2D eigenvalue weighted by Gasteiger charge is 2.41. The van der Waals surface area contributed by atoms with Crippen LogP contribution in [-0.2, 0) is 19.1 Å². The Labute approximate surface area is 107 Å². The van der Waals surface area contributed by atoms with Gasteiger partial charge in [-0.05, 0) is 19.9 Å². The first-order chi connectivity index (χ1) is 8.69. The Morgan fingerprint density at radius 2 is 2.17 bits per heavy atom. The summed E-state index contributed by atoms with van der Waals surface area (Å²) >= 11 is 0. The molecule has 3 atom stereocenters. The third-order valence-electron chi connectivity index (χ3n) is 3.78. The summed E-state index contributed by atoms with van der Waals surface area (Å²) in [6.45, 7) is 1.60. The minimum absolute atomic E-state index is 0.000231. The topological polar surface area (TPSA) is 67.9 Å². The molecule has 2 heterocycles. The lowest BCUT2D eigenvalue weighted by Gasteiger charge is -2.27. The van der Waals surface area contributed by atoms with Crippen molar-refractivity contribution >= 4 is 11.9 Å². The number of likely N-dealkylation sites (tertiary alicyclic amines) is 1. The molecule has 2 rings (SSSR count). The first-order valence-electron chi connectivity index (χ1n) is 6.32. The number of nitrogens with one attached hydrogen (secondary N) is 1. The van der Waals surface area contributed by atoms with Crippen LogP contribution in [0.1, 0.15) is 12.8 Å². The summed E-state index contributed by atoms with van der Waals surface area (Å²) in [5.41, 5.74) is 0. The summed E-state index contributed by atoms with van der Waals surface area (Å²) in [4.78, 5) is 25.7. The molecule has 0 aromatic carbocycles. The highest BCUT2D eigenvalue weighted by molar-refractivity contribution is 5.87. The van der Waals surface area contributed by atoms with Crippen molar-refractivity contribution in [2.75, 3.05) is 33.9 Å². The Balaban J connectivity index is 2.05. The molecule has 6 nitrogen and oxygen atoms in total. The maximum atomic E-state index is 12.4. The Hall–Kier alpha value is -1.14. The van der Waals surface area contributed by atoms with E-state index in [-0.39, 0.29) is 23.8 Å². The zero-order valence-electron chi connectivity index (χ0n) is 10.8. The molecule has 0 bridgehead atoms. The summed E-state index contributed by atoms with van der Waals surface area (Å²) in [5.74, 6) is -0.513. The quantitative estimate of drug-likeness (QED) is 0.682. The molecular formula is C12H20N2O4. The van der Waals surface area contributed by atoms with Crippen LogP contribution in [0.5, 0.6) is 0 Å². The second-order valence-electron chi connectivity index (χ2n) is 4.75. The molecule has 2 fully saturated rings. The van der Waals surface area contributed by atoms with Crippen molar-refractivity contribution in [3.05, 3.63) is 0 Å². The molecule has 1 N–H and O–H groups in total. The maximum Gasteiger partial charge on any atom is 0.328 e. The van der Waals surface area contributed by atoms with E-state index < -0.39 is 6.04 Å². The zero-order chi connectivity index (χ0) is 13.1. The number of nitrogens with zero attached hydrogens (tertiary/aromatic N) is 1. The maximum absolute atomic E-state index is 12.4. The van der Waals surface area contributed by atoms with Crippen LogP contribution in [0.4, 0.5) is 0 Å². The molecule has 0 aliphatic carbocycles. The number of carbonyl (C=O) groups excluding carboxylic acids is 2. The van der Waals surface area contributed by atoms with Crippen LogP contribution in [0.3, 0.4) is 0 Å². The van der Waals surface area contributed by atoms with Crippen LogP contribution in [0.25, 0.3) is 0 Å². The molecule has 1 amide bonds. The second-order valence-corrected chi connectivity index (χ2v) is 4.75. The molecule has 6 heteroatoms. The van der Waals surface area contributed by atoms with Crippen LogP contribution in [0.15, 0.2) is 0 Å². The monoisotopic (exact) mass is 256 g/mol. The lowest BCUT2D eigenvalue weighted by Crippen LogP contribution is -2.48. The lowest BCUT2D eigenvalue weighted by molar-refractivity contribution is -0.152. The predicted octanol–water partition coefficient (Wildman–Crippen LogP) is -0.615. The normalized spacial score (nSPS) is 31.7. The highest BCUT2D eigenvalue weighted by Crippen LogP contribution is 2.24. The molecule has 0 spiro atoms. The van der Waals surface area contributed by atoms with Crippen molar-refractivity contribution in [3.63, 3.8) is 0 Å². The second kappa shape index (κ2) is 5.67. The van der Waals surface area contributed by atoms with Gasteiger partial charge in [-0.2, -0.15) is 0 Å². The molecule has 102 valence electrons. The fourth-order valence-corrected chi connectivity index (χ4v) is 2.71. The molecule has 3 unspecified atom stereocenters. The van der Waals surface area contributed by atoms with E-state index in [0.717, 1.165) is 6.42 Å². The average molecular weight is 256 g/mol. The molecule has 0 radical (unpaired) electrons. The minimum atomic E-state index is -0.416. The van der Waals surface area contributed by atoms with Gasteiger partial charge in [0.15, 0.2) is 0 Å². The molecule has 0 aromatic heterocycles. The molecule has 2 aliphatic rings. The average Bonchev–Trinajstić information content (AvgIpc) is 3.04. The standard InChI is InChI=1S/C12H20N2O4/c1-13-9-7-18-6-8(9)11(15)14-5-3-4-10(14)12(16)17-2/h8-10,13H,3-7H2,1-2H3. The van der Waals surface area contributed by atoms with Crippen molar-refractivity contribution in [3.8, 4) is 0 Å². The van der Waals surface area contributed by atoms with Gasteiger partial charge in [0, 0.05) is 12.6 Å². The number of ether oxygens (including phenoxy) is 2. The van der Waals surface area contributed by atoms with Gasteiger partial charge >= 0.3 is 5.97 Å². The summed E-state index contributed by atoms with van der Waals surface area (Å²) in [5, 5.41) is 3.09. The van der Waals surface area contributed by atoms with Crippen molar-refractivity contribution < 1.29 is 19.1 Å². The number of likely N-dealkylation sites (N-methyl/N-ethyl adjacent to an activating group) is 1. The zero-order valence-corrected chi connectivity index (χ0v) is 10.8. The van der Waals surface area contributed by atoms with E-state index in [2.05, 4.69) is 5.32 Å². The molecule has 18 heavy (non-hydrogen) atoms. The molecular weight excluding hydrogens is 236 g/mol. The van der Waals surface area contributed by atoms with Crippen molar-refractivity contribution in [1.82, 2.24) is 10.2 Å². The first-order valence-corrected chi connectivity index (χ1v) is 6.32. The van der Waals surface area contributed by atoms with Gasteiger partial charge in [0.2, 0.25) is 5.91 Å². The van der Waals surface area contributed by atoms with Crippen molar-refractivity contribution in [2.24, 2.45) is 5.92 Å². The van der Waals surface area contributed by atoms with Crippen LogP contribution in [0, 0.1) is 5.92 Å². The van der Waals surface area contributed by atoms with Crippen LogP contribution in [0.2, 0.25) is 0 Å². The first kappa shape index (κ1) is 13.3. The summed E-state index contributed by atoms with van der Waals surface area (Å²) < 4.78 is 10.1. The van der Waals surface area contributed by atoms with Crippen LogP contribution in [-0.4, -0.2) is 62.8 Å². The van der Waals surface area contributed by atoms with Gasteiger partial charge in [-0.25, -0.2) is 4.79 Å². The number of esters is 1. The largest absolute Gasteiger partial charge is 0.467 e. The van der Waals surface area contributed by atoms with E-state index in [1.54, 1.807) is 4.90 Å². The summed E-state index contributed by atoms with van der Waals surface area (Å²) in [7, 11) is 3.18. The van der Waals surface area contributed by atoms with E-state index >= 15 is 0 Å². The van der Waals surface area contributed by atoms with Gasteiger partial charge < -0.3 is 19.7 Å². The van der Waals surface area contributed by atoms with Gasteiger partial charge in [-0.1, -0.05) is 0 Å². The van der Waals surface area contributed by atoms with E-state index in [1.807, 2.05) is 7.05 Å². The Morgan fingerprint density at radius 1 is 1.39 bits per heavy atom. The number of rotatable bonds is 3. The lowest BCUT2D eigenvalue weighted by atomic mass is 10.0. The summed E-state index contributed by atoms with van der Waals surface area (Å²) in [6.07, 6.45) is 1.54. The SMILES string of the molecule is CNC1COCC1C(=O)N1CCCC1C(=O)OC. The van der Waals surface area contributed by atoms with Gasteiger partial charge in [-0.15, -0.1) is 0 Å². The van der Waals surface area contributed by atoms with Crippen LogP contribution < -0.4 is 5.32 Å². The van der Waals surface area contributed by atoms with Crippen molar-refractivity contribution in [2.45, 2.75) is 24.9 Å². The van der Waals surface area contributed by atoms with Gasteiger partial charge in [-0.3, -0.25) is 4.79 Å². The number of carbonyl (C=O) groups is 2. The Morgan fingerprint density at radius 3 is 2.83 bits per heavy atom. The molecule has 2 saturated heterocycles.